The molecular weight excluding hydrogens is 276 g/mol. The van der Waals surface area contributed by atoms with Gasteiger partial charge >= 0.3 is 12.0 Å². The molecule has 1 fully saturated rings. The molecule has 2 atom stereocenters. The average molecular weight is 294 g/mol. The Kier molecular flexibility index (Phi) is 4.75. The fourth-order valence-electron chi connectivity index (χ4n) is 1.86. The number of rotatable bonds is 5. The van der Waals surface area contributed by atoms with Crippen LogP contribution in [-0.2, 0) is 19.4 Å². The number of sulfone groups is 1. The first-order valence-electron chi connectivity index (χ1n) is 5.72. The van der Waals surface area contributed by atoms with Crippen LogP contribution in [0.4, 0.5) is 4.79 Å². The number of carboxylic acid groups (broad SMARTS) is 1. The van der Waals surface area contributed by atoms with Gasteiger partial charge in [0.25, 0.3) is 0 Å². The predicted octanol–water partition coefficient (Wildman–Crippen LogP) is -1.04. The fourth-order valence-corrected chi connectivity index (χ4v) is 2.85. The average Bonchev–Trinajstić information content (AvgIpc) is 2.63. The van der Waals surface area contributed by atoms with Crippen molar-refractivity contribution < 1.29 is 27.9 Å². The number of carbonyl (C=O) groups excluding carboxylic acids is 1. The van der Waals surface area contributed by atoms with Crippen LogP contribution < -0.4 is 10.6 Å². The van der Waals surface area contributed by atoms with Gasteiger partial charge in [-0.3, -0.25) is 0 Å². The number of hydrogen-bond acceptors (Lipinski definition) is 5. The molecule has 1 saturated heterocycles. The highest BCUT2D eigenvalue weighted by Crippen LogP contribution is 2.18. The molecule has 0 aromatic rings. The molecule has 3 N–H and O–H groups in total. The molecule has 0 radical (unpaired) electrons. The smallest absolute Gasteiger partial charge is 0.332 e. The number of hydrogen-bond donors (Lipinski definition) is 3. The summed E-state index contributed by atoms with van der Waals surface area (Å²) in [5.41, 5.74) is -1.44. The SMILES string of the molecule is CC(CS(C)(=O)=O)NC(=O)NC1(C(=O)O)CCOC1. The first kappa shape index (κ1) is 15.7. The normalized spacial score (nSPS) is 24.7. The molecule has 110 valence electrons. The summed E-state index contributed by atoms with van der Waals surface area (Å²) in [6, 6.07) is -1.33. The number of urea groups is 1. The molecule has 8 nitrogen and oxygen atoms in total. The maximum Gasteiger partial charge on any atom is 0.332 e. The topological polar surface area (TPSA) is 122 Å². The molecule has 9 heteroatoms. The van der Waals surface area contributed by atoms with Crippen molar-refractivity contribution in [3.8, 4) is 0 Å². The van der Waals surface area contributed by atoms with Crippen molar-refractivity contribution in [1.82, 2.24) is 10.6 Å². The molecule has 2 unspecified atom stereocenters. The minimum absolute atomic E-state index is 0.101. The molecule has 2 amide bonds. The van der Waals surface area contributed by atoms with E-state index >= 15 is 0 Å². The lowest BCUT2D eigenvalue weighted by Gasteiger charge is -2.25. The second-order valence-electron chi connectivity index (χ2n) is 4.78. The maximum atomic E-state index is 11.7. The summed E-state index contributed by atoms with van der Waals surface area (Å²) >= 11 is 0. The van der Waals surface area contributed by atoms with Crippen molar-refractivity contribution in [1.29, 1.82) is 0 Å². The number of carbonyl (C=O) groups is 2. The molecule has 1 rings (SSSR count). The summed E-state index contributed by atoms with van der Waals surface area (Å²) in [6.45, 7) is 1.68. The second-order valence-corrected chi connectivity index (χ2v) is 6.97. The molecule has 0 spiro atoms. The van der Waals surface area contributed by atoms with Crippen LogP contribution in [-0.4, -0.2) is 62.3 Å². The largest absolute Gasteiger partial charge is 0.479 e. The van der Waals surface area contributed by atoms with Crippen LogP contribution in [0, 0.1) is 0 Å². The van der Waals surface area contributed by atoms with Crippen molar-refractivity contribution in [2.45, 2.75) is 24.9 Å². The Morgan fingerprint density at radius 2 is 2.11 bits per heavy atom. The van der Waals surface area contributed by atoms with E-state index in [4.69, 9.17) is 9.84 Å². The van der Waals surface area contributed by atoms with Gasteiger partial charge in [0, 0.05) is 25.3 Å². The van der Waals surface area contributed by atoms with Gasteiger partial charge in [-0.05, 0) is 6.92 Å². The highest BCUT2D eigenvalue weighted by Gasteiger charge is 2.44. The van der Waals surface area contributed by atoms with Crippen LogP contribution in [0.1, 0.15) is 13.3 Å². The molecule has 0 aromatic heterocycles. The van der Waals surface area contributed by atoms with E-state index in [9.17, 15) is 18.0 Å². The maximum absolute atomic E-state index is 11.7. The minimum atomic E-state index is -3.21. The Labute approximate surface area is 111 Å². The second kappa shape index (κ2) is 5.74. The molecule has 0 aromatic carbocycles. The fraction of sp³-hybridized carbons (Fsp3) is 0.800. The van der Waals surface area contributed by atoms with E-state index < -0.39 is 33.4 Å². The van der Waals surface area contributed by atoms with E-state index in [0.29, 0.717) is 0 Å². The molecule has 0 bridgehead atoms. The van der Waals surface area contributed by atoms with Gasteiger partial charge in [-0.25, -0.2) is 18.0 Å². The van der Waals surface area contributed by atoms with E-state index in [-0.39, 0.29) is 25.4 Å². The first-order valence-corrected chi connectivity index (χ1v) is 7.78. The number of carboxylic acids is 1. The van der Waals surface area contributed by atoms with Gasteiger partial charge in [0.1, 0.15) is 9.84 Å². The van der Waals surface area contributed by atoms with Crippen LogP contribution in [0.25, 0.3) is 0 Å². The van der Waals surface area contributed by atoms with Gasteiger partial charge in [-0.1, -0.05) is 0 Å². The zero-order chi connectivity index (χ0) is 14.7. The van der Waals surface area contributed by atoms with Crippen LogP contribution in [0.15, 0.2) is 0 Å². The molecule has 1 aliphatic heterocycles. The Hall–Kier alpha value is -1.35. The molecule has 19 heavy (non-hydrogen) atoms. The first-order chi connectivity index (χ1) is 8.65. The lowest BCUT2D eigenvalue weighted by Crippen LogP contribution is -2.59. The van der Waals surface area contributed by atoms with E-state index in [2.05, 4.69) is 10.6 Å². The number of amides is 2. The third kappa shape index (κ3) is 4.67. The van der Waals surface area contributed by atoms with Crippen LogP contribution in [0.5, 0.6) is 0 Å². The lowest BCUT2D eigenvalue weighted by atomic mass is 9.99. The highest BCUT2D eigenvalue weighted by molar-refractivity contribution is 7.90. The van der Waals surface area contributed by atoms with Gasteiger partial charge in [-0.15, -0.1) is 0 Å². The van der Waals surface area contributed by atoms with Crippen molar-refractivity contribution in [3.05, 3.63) is 0 Å². The van der Waals surface area contributed by atoms with Crippen LogP contribution in [0.2, 0.25) is 0 Å². The molecule has 1 aliphatic rings. The standard InChI is InChI=1S/C10H18N2O6S/c1-7(5-19(2,16)17)11-9(15)12-10(8(13)14)3-4-18-6-10/h7H,3-6H2,1-2H3,(H,13,14)(H2,11,12,15). The number of nitrogens with one attached hydrogen (secondary N) is 2. The van der Waals surface area contributed by atoms with Crippen molar-refractivity contribution in [3.63, 3.8) is 0 Å². The molecular formula is C10H18N2O6S. The zero-order valence-electron chi connectivity index (χ0n) is 10.8. The van der Waals surface area contributed by atoms with E-state index in [1.54, 1.807) is 0 Å². The zero-order valence-corrected chi connectivity index (χ0v) is 11.6. The predicted molar refractivity (Wildman–Crippen MR) is 66.6 cm³/mol. The third-order valence-electron chi connectivity index (χ3n) is 2.71. The number of ether oxygens (including phenoxy) is 1. The Morgan fingerprint density at radius 1 is 1.47 bits per heavy atom. The Balaban J connectivity index is 2.57. The Bertz CT molecular complexity index is 455. The van der Waals surface area contributed by atoms with Gasteiger partial charge in [0.2, 0.25) is 0 Å². The summed E-state index contributed by atoms with van der Waals surface area (Å²) in [7, 11) is -3.21. The van der Waals surface area contributed by atoms with Crippen molar-refractivity contribution in [2.75, 3.05) is 25.2 Å². The third-order valence-corrected chi connectivity index (χ3v) is 3.82. The summed E-state index contributed by atoms with van der Waals surface area (Å²) in [4.78, 5) is 22.8. The summed E-state index contributed by atoms with van der Waals surface area (Å²) in [5, 5.41) is 13.8. The molecule has 0 saturated carbocycles. The van der Waals surface area contributed by atoms with Gasteiger partial charge < -0.3 is 20.5 Å². The van der Waals surface area contributed by atoms with Crippen LogP contribution in [0.3, 0.4) is 0 Å². The van der Waals surface area contributed by atoms with Crippen molar-refractivity contribution >= 4 is 21.8 Å². The van der Waals surface area contributed by atoms with Gasteiger partial charge in [-0.2, -0.15) is 0 Å². The quantitative estimate of drug-likeness (QED) is 0.595. The monoisotopic (exact) mass is 294 g/mol. The summed E-state index contributed by atoms with van der Waals surface area (Å²) in [6.07, 6.45) is 1.24. The Morgan fingerprint density at radius 3 is 2.53 bits per heavy atom. The molecule has 1 heterocycles. The van der Waals surface area contributed by atoms with Gasteiger partial charge in [0.15, 0.2) is 5.54 Å². The van der Waals surface area contributed by atoms with E-state index in [0.717, 1.165) is 6.26 Å². The summed E-state index contributed by atoms with van der Waals surface area (Å²) < 4.78 is 27.1. The molecule has 0 aliphatic carbocycles. The lowest BCUT2D eigenvalue weighted by molar-refractivity contribution is -0.144. The van der Waals surface area contributed by atoms with Gasteiger partial charge in [0.05, 0.1) is 12.4 Å². The summed E-state index contributed by atoms with van der Waals surface area (Å²) in [5.74, 6) is -1.38. The van der Waals surface area contributed by atoms with E-state index in [1.807, 2.05) is 0 Å². The van der Waals surface area contributed by atoms with E-state index in [1.165, 1.54) is 6.92 Å². The minimum Gasteiger partial charge on any atom is -0.479 e. The highest BCUT2D eigenvalue weighted by atomic mass is 32.2. The van der Waals surface area contributed by atoms with Crippen LogP contribution >= 0.6 is 0 Å². The number of aliphatic carboxylic acids is 1. The van der Waals surface area contributed by atoms with Crippen molar-refractivity contribution in [2.24, 2.45) is 0 Å².